The molecule has 0 fully saturated rings. The van der Waals surface area contributed by atoms with Gasteiger partial charge in [-0.3, -0.25) is 19.9 Å². The molecule has 7 heteroatoms. The van der Waals surface area contributed by atoms with Crippen LogP contribution in [0.4, 0.5) is 5.88 Å². The van der Waals surface area contributed by atoms with Crippen LogP contribution in [0.2, 0.25) is 0 Å². The summed E-state index contributed by atoms with van der Waals surface area (Å²) in [6.07, 6.45) is 3.50. The van der Waals surface area contributed by atoms with Crippen LogP contribution in [0, 0.1) is 10.1 Å². The molecule has 2 heterocycles. The van der Waals surface area contributed by atoms with Gasteiger partial charge >= 0.3 is 5.88 Å². The maximum atomic E-state index is 12.1. The summed E-state index contributed by atoms with van der Waals surface area (Å²) >= 11 is 0. The number of furan rings is 1. The number of nitrogens with zero attached hydrogens (tertiary/aromatic N) is 2. The minimum atomic E-state index is -0.683. The van der Waals surface area contributed by atoms with Crippen molar-refractivity contribution in [2.24, 2.45) is 0 Å². The highest BCUT2D eigenvalue weighted by atomic mass is 16.6. The monoisotopic (exact) mass is 337 g/mol. The fourth-order valence-electron chi connectivity index (χ4n) is 2.40. The molecule has 1 amide bonds. The second kappa shape index (κ2) is 6.96. The lowest BCUT2D eigenvalue weighted by Crippen LogP contribution is -2.26. The van der Waals surface area contributed by atoms with Crippen LogP contribution in [0.3, 0.4) is 0 Å². The van der Waals surface area contributed by atoms with Crippen LogP contribution in [0.1, 0.15) is 29.1 Å². The molecule has 0 aliphatic heterocycles. The molecule has 0 radical (unpaired) electrons. The summed E-state index contributed by atoms with van der Waals surface area (Å²) in [5, 5.41) is 13.4. The molecular formula is C18H15N3O4. The van der Waals surface area contributed by atoms with Crippen molar-refractivity contribution in [2.75, 3.05) is 0 Å². The van der Waals surface area contributed by atoms with E-state index >= 15 is 0 Å². The van der Waals surface area contributed by atoms with Crippen molar-refractivity contribution < 1.29 is 14.1 Å². The third-order valence-corrected chi connectivity index (χ3v) is 3.75. The average Bonchev–Trinajstić information content (AvgIpc) is 3.13. The zero-order valence-corrected chi connectivity index (χ0v) is 13.4. The fourth-order valence-corrected chi connectivity index (χ4v) is 2.40. The van der Waals surface area contributed by atoms with Crippen LogP contribution in [0.5, 0.6) is 0 Å². The molecule has 0 spiro atoms. The summed E-state index contributed by atoms with van der Waals surface area (Å²) in [7, 11) is 0. The van der Waals surface area contributed by atoms with Crippen LogP contribution < -0.4 is 5.32 Å². The van der Waals surface area contributed by atoms with Crippen molar-refractivity contribution in [3.8, 4) is 11.1 Å². The minimum Gasteiger partial charge on any atom is -0.395 e. The van der Waals surface area contributed by atoms with E-state index in [0.717, 1.165) is 22.8 Å². The number of amides is 1. The third-order valence-electron chi connectivity index (χ3n) is 3.75. The van der Waals surface area contributed by atoms with Crippen molar-refractivity contribution in [3.05, 3.63) is 82.4 Å². The smallest absolute Gasteiger partial charge is 0.395 e. The van der Waals surface area contributed by atoms with Gasteiger partial charge in [0.05, 0.1) is 12.1 Å². The lowest BCUT2D eigenvalue weighted by molar-refractivity contribution is -0.402. The van der Waals surface area contributed by atoms with Gasteiger partial charge in [0, 0.05) is 12.4 Å². The Kier molecular flexibility index (Phi) is 4.56. The molecule has 25 heavy (non-hydrogen) atoms. The van der Waals surface area contributed by atoms with Gasteiger partial charge in [-0.25, -0.2) is 0 Å². The first kappa shape index (κ1) is 16.4. The molecule has 3 rings (SSSR count). The normalized spacial score (nSPS) is 11.7. The highest BCUT2D eigenvalue weighted by Crippen LogP contribution is 2.22. The number of hydrogen-bond donors (Lipinski definition) is 1. The maximum absolute atomic E-state index is 12.1. The van der Waals surface area contributed by atoms with Gasteiger partial charge in [0.1, 0.15) is 4.92 Å². The Morgan fingerprint density at radius 1 is 1.16 bits per heavy atom. The Bertz CT molecular complexity index is 888. The lowest BCUT2D eigenvalue weighted by atomic mass is 10.0. The molecule has 0 unspecified atom stereocenters. The summed E-state index contributed by atoms with van der Waals surface area (Å²) in [5.41, 5.74) is 2.94. The van der Waals surface area contributed by atoms with E-state index in [1.54, 1.807) is 12.4 Å². The predicted molar refractivity (Wildman–Crippen MR) is 90.9 cm³/mol. The molecule has 1 aromatic carbocycles. The number of carbonyl (C=O) groups is 1. The summed E-state index contributed by atoms with van der Waals surface area (Å²) in [6.45, 7) is 1.83. The molecule has 2 aromatic heterocycles. The van der Waals surface area contributed by atoms with Gasteiger partial charge in [-0.2, -0.15) is 0 Å². The quantitative estimate of drug-likeness (QED) is 0.565. The van der Waals surface area contributed by atoms with E-state index in [4.69, 9.17) is 4.42 Å². The van der Waals surface area contributed by atoms with Crippen LogP contribution >= 0.6 is 0 Å². The molecular weight excluding hydrogens is 322 g/mol. The van der Waals surface area contributed by atoms with Crippen molar-refractivity contribution in [2.45, 2.75) is 13.0 Å². The Balaban J connectivity index is 1.69. The van der Waals surface area contributed by atoms with E-state index in [1.807, 2.05) is 43.3 Å². The Morgan fingerprint density at radius 2 is 1.92 bits per heavy atom. The van der Waals surface area contributed by atoms with E-state index in [0.29, 0.717) is 0 Å². The van der Waals surface area contributed by atoms with Crippen molar-refractivity contribution in [1.29, 1.82) is 0 Å². The maximum Gasteiger partial charge on any atom is 0.433 e. The fraction of sp³-hybridized carbons (Fsp3) is 0.111. The number of carbonyl (C=O) groups excluding carboxylic acids is 1. The summed E-state index contributed by atoms with van der Waals surface area (Å²) in [6, 6.07) is 13.7. The summed E-state index contributed by atoms with van der Waals surface area (Å²) < 4.78 is 4.90. The molecule has 126 valence electrons. The third kappa shape index (κ3) is 3.72. The van der Waals surface area contributed by atoms with Crippen molar-refractivity contribution in [1.82, 2.24) is 10.3 Å². The lowest BCUT2D eigenvalue weighted by Gasteiger charge is -2.14. The first-order valence-corrected chi connectivity index (χ1v) is 7.60. The van der Waals surface area contributed by atoms with Gasteiger partial charge in [-0.05, 0) is 35.7 Å². The van der Waals surface area contributed by atoms with Gasteiger partial charge in [-0.1, -0.05) is 30.3 Å². The Labute approximate surface area is 143 Å². The topological polar surface area (TPSA) is 98.3 Å². The van der Waals surface area contributed by atoms with Crippen LogP contribution in [0.15, 0.2) is 65.3 Å². The molecule has 0 aliphatic rings. The highest BCUT2D eigenvalue weighted by Gasteiger charge is 2.19. The van der Waals surface area contributed by atoms with E-state index in [-0.39, 0.29) is 11.8 Å². The van der Waals surface area contributed by atoms with Crippen LogP contribution in [0.25, 0.3) is 11.1 Å². The Morgan fingerprint density at radius 3 is 2.52 bits per heavy atom. The number of nitrogens with one attached hydrogen (secondary N) is 1. The van der Waals surface area contributed by atoms with Crippen LogP contribution in [-0.2, 0) is 0 Å². The first-order valence-electron chi connectivity index (χ1n) is 7.60. The van der Waals surface area contributed by atoms with Gasteiger partial charge in [0.25, 0.3) is 5.91 Å². The number of benzene rings is 1. The molecule has 1 atom stereocenters. The molecule has 7 nitrogen and oxygen atoms in total. The second-order valence-electron chi connectivity index (χ2n) is 5.45. The predicted octanol–water partition coefficient (Wildman–Crippen LogP) is 3.74. The van der Waals surface area contributed by atoms with Crippen LogP contribution in [-0.4, -0.2) is 15.8 Å². The molecule has 3 aromatic rings. The standard InChI is InChI=1S/C18H15N3O4/c1-12(20-18(22)16-8-9-17(25-16)21(23)24)13-4-6-14(7-5-13)15-3-2-10-19-11-15/h2-12H,1H3,(H,20,22)/t12-/m0/s1. The number of aromatic nitrogens is 1. The molecule has 0 saturated heterocycles. The SMILES string of the molecule is C[C@H](NC(=O)c1ccc([N+](=O)[O-])o1)c1ccc(-c2cccnc2)cc1. The van der Waals surface area contributed by atoms with Crippen molar-refractivity contribution in [3.63, 3.8) is 0 Å². The van der Waals surface area contributed by atoms with E-state index in [9.17, 15) is 14.9 Å². The van der Waals surface area contributed by atoms with E-state index in [2.05, 4.69) is 10.3 Å². The summed E-state index contributed by atoms with van der Waals surface area (Å²) in [4.78, 5) is 26.1. The molecule has 0 saturated carbocycles. The van der Waals surface area contributed by atoms with E-state index in [1.165, 1.54) is 6.07 Å². The second-order valence-corrected chi connectivity index (χ2v) is 5.45. The number of hydrogen-bond acceptors (Lipinski definition) is 5. The number of nitro groups is 1. The number of pyridine rings is 1. The number of rotatable bonds is 5. The average molecular weight is 337 g/mol. The molecule has 1 N–H and O–H groups in total. The van der Waals surface area contributed by atoms with Gasteiger partial charge < -0.3 is 9.73 Å². The zero-order valence-electron chi connectivity index (χ0n) is 13.4. The minimum absolute atomic E-state index is 0.0921. The Hall–Kier alpha value is -3.48. The van der Waals surface area contributed by atoms with Gasteiger partial charge in [0.2, 0.25) is 0 Å². The molecule has 0 bridgehead atoms. The largest absolute Gasteiger partial charge is 0.433 e. The van der Waals surface area contributed by atoms with Gasteiger partial charge in [0.15, 0.2) is 5.76 Å². The van der Waals surface area contributed by atoms with Crippen molar-refractivity contribution >= 4 is 11.8 Å². The van der Waals surface area contributed by atoms with Gasteiger partial charge in [-0.15, -0.1) is 0 Å². The highest BCUT2D eigenvalue weighted by molar-refractivity contribution is 5.92. The first-order chi connectivity index (χ1) is 12.0. The van der Waals surface area contributed by atoms with E-state index < -0.39 is 16.7 Å². The zero-order chi connectivity index (χ0) is 17.8. The molecule has 0 aliphatic carbocycles. The summed E-state index contributed by atoms with van der Waals surface area (Å²) in [5.74, 6) is -1.05.